The summed E-state index contributed by atoms with van der Waals surface area (Å²) in [5.74, 6) is -0.387. The molecule has 2 heterocycles. The minimum Gasteiger partial charge on any atom is -0.368 e. The molecule has 0 saturated carbocycles. The van der Waals surface area contributed by atoms with E-state index in [0.717, 1.165) is 12.1 Å². The summed E-state index contributed by atoms with van der Waals surface area (Å²) in [5.41, 5.74) is 6.23. The Morgan fingerprint density at radius 1 is 1.67 bits per heavy atom. The van der Waals surface area contributed by atoms with Gasteiger partial charge in [0.2, 0.25) is 5.91 Å². The Morgan fingerprint density at radius 3 is 3.06 bits per heavy atom. The molecule has 0 aliphatic rings. The largest absolute Gasteiger partial charge is 0.368 e. The van der Waals surface area contributed by atoms with Crippen LogP contribution >= 0.6 is 11.3 Å². The van der Waals surface area contributed by atoms with Gasteiger partial charge < -0.3 is 5.73 Å². The highest BCUT2D eigenvalue weighted by atomic mass is 32.1. The standard InChI is InChI=1S/C12H16N4OS/c1-2-16-8-9(6-15-16)11(12(13)17)14-7-10-4-3-5-18-10/h3-6,8,11,14H,2,7H2,1H3,(H2,13,17). The molecular weight excluding hydrogens is 248 g/mol. The molecule has 2 rings (SSSR count). The molecule has 5 nitrogen and oxygen atoms in total. The number of thiophene rings is 1. The van der Waals surface area contributed by atoms with Crippen molar-refractivity contribution >= 4 is 17.2 Å². The maximum atomic E-state index is 11.5. The van der Waals surface area contributed by atoms with E-state index in [1.165, 1.54) is 4.88 Å². The summed E-state index contributed by atoms with van der Waals surface area (Å²) in [6.07, 6.45) is 3.52. The van der Waals surface area contributed by atoms with E-state index in [4.69, 9.17) is 5.73 Å². The minimum absolute atomic E-state index is 0.387. The first-order valence-electron chi connectivity index (χ1n) is 5.78. The Kier molecular flexibility index (Phi) is 4.11. The minimum atomic E-state index is -0.493. The van der Waals surface area contributed by atoms with Gasteiger partial charge in [0.05, 0.1) is 6.20 Å². The molecule has 1 atom stereocenters. The zero-order valence-electron chi connectivity index (χ0n) is 10.2. The molecule has 96 valence electrons. The number of aromatic nitrogens is 2. The second kappa shape index (κ2) is 5.79. The van der Waals surface area contributed by atoms with Gasteiger partial charge in [-0.2, -0.15) is 5.10 Å². The van der Waals surface area contributed by atoms with Gasteiger partial charge in [0.25, 0.3) is 0 Å². The van der Waals surface area contributed by atoms with Crippen LogP contribution in [0.1, 0.15) is 23.4 Å². The van der Waals surface area contributed by atoms with Gasteiger partial charge in [-0.15, -0.1) is 11.3 Å². The number of primary amides is 1. The van der Waals surface area contributed by atoms with E-state index in [0.29, 0.717) is 6.54 Å². The lowest BCUT2D eigenvalue weighted by atomic mass is 10.1. The first-order chi connectivity index (χ1) is 8.70. The summed E-state index contributed by atoms with van der Waals surface area (Å²) >= 11 is 1.65. The number of carbonyl (C=O) groups is 1. The molecule has 0 aromatic carbocycles. The number of nitrogens with zero attached hydrogens (tertiary/aromatic N) is 2. The number of nitrogens with one attached hydrogen (secondary N) is 1. The fourth-order valence-corrected chi connectivity index (χ4v) is 2.36. The third kappa shape index (κ3) is 2.96. The van der Waals surface area contributed by atoms with Crippen molar-refractivity contribution in [3.63, 3.8) is 0 Å². The molecule has 6 heteroatoms. The van der Waals surface area contributed by atoms with E-state index >= 15 is 0 Å². The second-order valence-electron chi connectivity index (χ2n) is 3.93. The first kappa shape index (κ1) is 12.8. The zero-order chi connectivity index (χ0) is 13.0. The molecule has 0 saturated heterocycles. The van der Waals surface area contributed by atoms with Gasteiger partial charge in [0.15, 0.2) is 0 Å². The number of carbonyl (C=O) groups excluding carboxylic acids is 1. The van der Waals surface area contributed by atoms with Crippen LogP contribution in [0.5, 0.6) is 0 Å². The highest BCUT2D eigenvalue weighted by Crippen LogP contribution is 2.14. The molecule has 0 aliphatic carbocycles. The Morgan fingerprint density at radius 2 is 2.50 bits per heavy atom. The SMILES string of the molecule is CCn1cc(C(NCc2cccs2)C(N)=O)cn1. The van der Waals surface area contributed by atoms with Crippen LogP contribution in [0, 0.1) is 0 Å². The average molecular weight is 264 g/mol. The number of amides is 1. The topological polar surface area (TPSA) is 72.9 Å². The van der Waals surface area contributed by atoms with Crippen molar-refractivity contribution in [2.24, 2.45) is 5.73 Å². The lowest BCUT2D eigenvalue weighted by Gasteiger charge is -2.12. The molecule has 0 fully saturated rings. The first-order valence-corrected chi connectivity index (χ1v) is 6.66. The number of aryl methyl sites for hydroxylation is 1. The summed E-state index contributed by atoms with van der Waals surface area (Å²) in [4.78, 5) is 12.7. The van der Waals surface area contributed by atoms with Gasteiger partial charge >= 0.3 is 0 Å². The number of nitrogens with two attached hydrogens (primary N) is 1. The maximum Gasteiger partial charge on any atom is 0.239 e. The molecule has 1 amide bonds. The number of rotatable bonds is 6. The van der Waals surface area contributed by atoms with Crippen LogP contribution in [0.3, 0.4) is 0 Å². The van der Waals surface area contributed by atoms with Gasteiger partial charge in [0.1, 0.15) is 6.04 Å². The van der Waals surface area contributed by atoms with Crippen LogP contribution in [-0.2, 0) is 17.9 Å². The molecule has 3 N–H and O–H groups in total. The molecule has 0 spiro atoms. The quantitative estimate of drug-likeness (QED) is 0.825. The summed E-state index contributed by atoms with van der Waals surface area (Å²) in [7, 11) is 0. The van der Waals surface area contributed by atoms with Crippen LogP contribution in [0.4, 0.5) is 0 Å². The van der Waals surface area contributed by atoms with Gasteiger partial charge in [-0.05, 0) is 18.4 Å². The van der Waals surface area contributed by atoms with Crippen molar-refractivity contribution < 1.29 is 4.79 Å². The van der Waals surface area contributed by atoms with E-state index in [1.807, 2.05) is 30.6 Å². The zero-order valence-corrected chi connectivity index (χ0v) is 11.0. The molecule has 2 aromatic rings. The van der Waals surface area contributed by atoms with E-state index < -0.39 is 6.04 Å². The summed E-state index contributed by atoms with van der Waals surface area (Å²) < 4.78 is 1.78. The third-order valence-corrected chi connectivity index (χ3v) is 3.53. The molecule has 0 bridgehead atoms. The van der Waals surface area contributed by atoms with Gasteiger partial charge in [-0.25, -0.2) is 0 Å². The van der Waals surface area contributed by atoms with Crippen LogP contribution in [0.15, 0.2) is 29.9 Å². The Hall–Kier alpha value is -1.66. The smallest absolute Gasteiger partial charge is 0.239 e. The molecule has 18 heavy (non-hydrogen) atoms. The normalized spacial score (nSPS) is 12.5. The lowest BCUT2D eigenvalue weighted by Crippen LogP contribution is -2.32. The van der Waals surface area contributed by atoms with Crippen LogP contribution in [0.2, 0.25) is 0 Å². The highest BCUT2D eigenvalue weighted by molar-refractivity contribution is 7.09. The van der Waals surface area contributed by atoms with E-state index in [2.05, 4.69) is 10.4 Å². The Balaban J connectivity index is 2.06. The van der Waals surface area contributed by atoms with Crippen molar-refractivity contribution in [2.45, 2.75) is 26.1 Å². The summed E-state index contributed by atoms with van der Waals surface area (Å²) in [6.45, 7) is 3.40. The van der Waals surface area contributed by atoms with E-state index in [1.54, 1.807) is 22.2 Å². The summed E-state index contributed by atoms with van der Waals surface area (Å²) in [5, 5.41) is 9.32. The molecular formula is C12H16N4OS. The van der Waals surface area contributed by atoms with Crippen molar-refractivity contribution in [3.8, 4) is 0 Å². The van der Waals surface area contributed by atoms with E-state index in [-0.39, 0.29) is 5.91 Å². The van der Waals surface area contributed by atoms with Gasteiger partial charge in [-0.1, -0.05) is 6.07 Å². The molecule has 1 unspecified atom stereocenters. The Bertz CT molecular complexity index is 506. The van der Waals surface area contributed by atoms with Crippen LogP contribution in [0.25, 0.3) is 0 Å². The highest BCUT2D eigenvalue weighted by Gasteiger charge is 2.18. The number of hydrogen-bond donors (Lipinski definition) is 2. The van der Waals surface area contributed by atoms with Crippen LogP contribution in [-0.4, -0.2) is 15.7 Å². The van der Waals surface area contributed by atoms with Crippen molar-refractivity contribution in [1.29, 1.82) is 0 Å². The lowest BCUT2D eigenvalue weighted by molar-refractivity contribution is -0.120. The fourth-order valence-electron chi connectivity index (χ4n) is 1.70. The monoisotopic (exact) mass is 264 g/mol. The number of hydrogen-bond acceptors (Lipinski definition) is 4. The predicted octanol–water partition coefficient (Wildman–Crippen LogP) is 1.28. The molecule has 2 aromatic heterocycles. The molecule has 0 aliphatic heterocycles. The van der Waals surface area contributed by atoms with Gasteiger partial charge in [0, 0.05) is 29.7 Å². The van der Waals surface area contributed by atoms with Crippen molar-refractivity contribution in [2.75, 3.05) is 0 Å². The average Bonchev–Trinajstić information content (AvgIpc) is 2.99. The van der Waals surface area contributed by atoms with Gasteiger partial charge in [-0.3, -0.25) is 14.8 Å². The Labute approximate surface area is 110 Å². The summed E-state index contributed by atoms with van der Waals surface area (Å²) in [6, 6.07) is 3.51. The van der Waals surface area contributed by atoms with Crippen molar-refractivity contribution in [3.05, 3.63) is 40.3 Å². The third-order valence-electron chi connectivity index (χ3n) is 2.66. The van der Waals surface area contributed by atoms with Crippen molar-refractivity contribution in [1.82, 2.24) is 15.1 Å². The maximum absolute atomic E-state index is 11.5. The fraction of sp³-hybridized carbons (Fsp3) is 0.333. The van der Waals surface area contributed by atoms with Crippen LogP contribution < -0.4 is 11.1 Å². The second-order valence-corrected chi connectivity index (χ2v) is 4.96. The van der Waals surface area contributed by atoms with E-state index in [9.17, 15) is 4.79 Å². The predicted molar refractivity (Wildman–Crippen MR) is 71.0 cm³/mol. The molecule has 0 radical (unpaired) electrons.